The number of benzene rings is 3. The van der Waals surface area contributed by atoms with Crippen LogP contribution in [0.2, 0.25) is 15.1 Å². The molecule has 0 unspecified atom stereocenters. The molecule has 0 fully saturated rings. The summed E-state index contributed by atoms with van der Waals surface area (Å²) in [4.78, 5) is 14.0. The summed E-state index contributed by atoms with van der Waals surface area (Å²) in [6.07, 6.45) is -4.70. The van der Waals surface area contributed by atoms with Gasteiger partial charge in [0.25, 0.3) is 20.9 Å². The number of thiazole rings is 1. The summed E-state index contributed by atoms with van der Waals surface area (Å²) in [7, 11) is -4.41. The standard InChI is InChI=1S/C20H9Cl3F3N3O5S2/c21-12-5-9(20(24,25)26)1-4-17(12)36(32,33)28-10-6-13(22)18(14(23)7-10)34-19-27-15-3-2-11(29(30)31)8-16(15)35-19/h1-8,28H. The third-order valence-corrected chi connectivity index (χ3v) is 7.87. The second kappa shape index (κ2) is 9.56. The molecule has 0 bridgehead atoms. The van der Waals surface area contributed by atoms with Gasteiger partial charge in [0, 0.05) is 12.1 Å². The number of anilines is 1. The van der Waals surface area contributed by atoms with Crippen LogP contribution in [0.5, 0.6) is 10.9 Å². The zero-order valence-electron chi connectivity index (χ0n) is 17.1. The summed E-state index contributed by atoms with van der Waals surface area (Å²) >= 11 is 19.2. The highest BCUT2D eigenvalue weighted by atomic mass is 35.5. The Morgan fingerprint density at radius 1 is 1.00 bits per heavy atom. The Morgan fingerprint density at radius 3 is 2.25 bits per heavy atom. The highest BCUT2D eigenvalue weighted by Crippen LogP contribution is 2.42. The van der Waals surface area contributed by atoms with Gasteiger partial charge in [-0.05, 0) is 36.4 Å². The average molecular weight is 599 g/mol. The highest BCUT2D eigenvalue weighted by Gasteiger charge is 2.32. The highest BCUT2D eigenvalue weighted by molar-refractivity contribution is 7.92. The molecule has 1 N–H and O–H groups in total. The Bertz CT molecular complexity index is 1610. The van der Waals surface area contributed by atoms with Crippen LogP contribution < -0.4 is 9.46 Å². The number of hydrogen-bond acceptors (Lipinski definition) is 7. The molecule has 3 aromatic carbocycles. The predicted octanol–water partition coefficient (Wildman–Crippen LogP) is 7.78. The maximum atomic E-state index is 12.8. The lowest BCUT2D eigenvalue weighted by molar-refractivity contribution is -0.384. The summed E-state index contributed by atoms with van der Waals surface area (Å²) < 4.78 is 72.2. The van der Waals surface area contributed by atoms with Crippen LogP contribution in [0.4, 0.5) is 24.5 Å². The van der Waals surface area contributed by atoms with Gasteiger partial charge in [-0.1, -0.05) is 46.1 Å². The molecule has 4 aromatic rings. The third kappa shape index (κ3) is 5.44. The van der Waals surface area contributed by atoms with Crippen LogP contribution >= 0.6 is 46.1 Å². The first-order valence-corrected chi connectivity index (χ1v) is 12.8. The summed E-state index contributed by atoms with van der Waals surface area (Å²) in [5.74, 6) is -0.0672. The Labute approximate surface area is 219 Å². The van der Waals surface area contributed by atoms with Crippen LogP contribution in [0, 0.1) is 10.1 Å². The van der Waals surface area contributed by atoms with Crippen LogP contribution in [0.1, 0.15) is 5.56 Å². The number of halogens is 6. The van der Waals surface area contributed by atoms with Crippen LogP contribution in [-0.4, -0.2) is 18.3 Å². The fraction of sp³-hybridized carbons (Fsp3) is 0.0500. The molecule has 0 saturated heterocycles. The molecule has 0 radical (unpaired) electrons. The predicted molar refractivity (Wildman–Crippen MR) is 130 cm³/mol. The van der Waals surface area contributed by atoms with Gasteiger partial charge in [0.15, 0.2) is 5.75 Å². The molecule has 0 aliphatic heterocycles. The summed E-state index contributed by atoms with van der Waals surface area (Å²) in [6, 6.07) is 8.20. The van der Waals surface area contributed by atoms with Crippen molar-refractivity contribution in [3.8, 4) is 10.9 Å². The van der Waals surface area contributed by atoms with E-state index < -0.39 is 36.6 Å². The number of nitrogens with zero attached hydrogens (tertiary/aromatic N) is 2. The number of aromatic nitrogens is 1. The number of nitro groups is 1. The number of non-ortho nitro benzene ring substituents is 1. The lowest BCUT2D eigenvalue weighted by atomic mass is 10.2. The number of rotatable bonds is 6. The van der Waals surface area contributed by atoms with Crippen LogP contribution in [-0.2, 0) is 16.2 Å². The van der Waals surface area contributed by atoms with Crippen molar-refractivity contribution < 1.29 is 31.2 Å². The van der Waals surface area contributed by atoms with E-state index in [2.05, 4.69) is 9.71 Å². The molecule has 1 aromatic heterocycles. The Balaban J connectivity index is 1.59. The van der Waals surface area contributed by atoms with Gasteiger partial charge in [-0.15, -0.1) is 0 Å². The van der Waals surface area contributed by atoms with Crippen molar-refractivity contribution in [2.45, 2.75) is 11.1 Å². The number of nitro benzene ring substituents is 1. The molecule has 0 spiro atoms. The smallest absolute Gasteiger partial charge is 0.416 e. The van der Waals surface area contributed by atoms with E-state index in [1.165, 1.54) is 18.2 Å². The average Bonchev–Trinajstić information content (AvgIpc) is 3.17. The van der Waals surface area contributed by atoms with E-state index in [1.54, 1.807) is 0 Å². The van der Waals surface area contributed by atoms with Crippen LogP contribution in [0.15, 0.2) is 53.4 Å². The van der Waals surface area contributed by atoms with E-state index in [-0.39, 0.29) is 32.4 Å². The molecule has 0 aliphatic rings. The Hall–Kier alpha value is -2.84. The minimum Gasteiger partial charge on any atom is -0.428 e. The lowest BCUT2D eigenvalue weighted by Crippen LogP contribution is -2.14. The van der Waals surface area contributed by atoms with E-state index in [1.807, 2.05) is 0 Å². The van der Waals surface area contributed by atoms with Gasteiger partial charge < -0.3 is 4.74 Å². The van der Waals surface area contributed by atoms with Crippen molar-refractivity contribution in [3.63, 3.8) is 0 Å². The zero-order chi connectivity index (χ0) is 26.4. The molecular formula is C20H9Cl3F3N3O5S2. The molecule has 1 heterocycles. The first-order valence-electron chi connectivity index (χ1n) is 9.36. The van der Waals surface area contributed by atoms with Gasteiger partial charge in [0.2, 0.25) is 0 Å². The second-order valence-corrected chi connectivity index (χ2v) is 10.9. The van der Waals surface area contributed by atoms with Gasteiger partial charge in [-0.2, -0.15) is 13.2 Å². The van der Waals surface area contributed by atoms with Gasteiger partial charge >= 0.3 is 6.18 Å². The molecule has 0 aliphatic carbocycles. The molecule has 16 heteroatoms. The molecule has 8 nitrogen and oxygen atoms in total. The van der Waals surface area contributed by atoms with E-state index in [4.69, 9.17) is 39.5 Å². The van der Waals surface area contributed by atoms with E-state index in [9.17, 15) is 31.7 Å². The van der Waals surface area contributed by atoms with Gasteiger partial charge in [-0.3, -0.25) is 14.8 Å². The third-order valence-electron chi connectivity index (χ3n) is 4.55. The zero-order valence-corrected chi connectivity index (χ0v) is 21.0. The number of sulfonamides is 1. The van der Waals surface area contributed by atoms with E-state index in [0.29, 0.717) is 22.3 Å². The van der Waals surface area contributed by atoms with Crippen molar-refractivity contribution in [2.24, 2.45) is 0 Å². The van der Waals surface area contributed by atoms with Gasteiger partial charge in [0.1, 0.15) is 4.90 Å². The molecular weight excluding hydrogens is 590 g/mol. The SMILES string of the molecule is O=[N+]([O-])c1ccc2nc(Oc3c(Cl)cc(NS(=O)(=O)c4ccc(C(F)(F)F)cc4Cl)cc3Cl)sc2c1. The summed E-state index contributed by atoms with van der Waals surface area (Å²) in [5.41, 5.74) is -0.916. The number of fused-ring (bicyclic) bond motifs is 1. The molecule has 0 atom stereocenters. The van der Waals surface area contributed by atoms with Crippen molar-refractivity contribution in [2.75, 3.05) is 4.72 Å². The lowest BCUT2D eigenvalue weighted by Gasteiger charge is -2.14. The minimum absolute atomic E-state index is 0.0672. The number of alkyl halides is 3. The Morgan fingerprint density at radius 2 is 1.67 bits per heavy atom. The topological polar surface area (TPSA) is 111 Å². The number of ether oxygens (including phenoxy) is 1. The first kappa shape index (κ1) is 26.2. The van der Waals surface area contributed by atoms with Crippen LogP contribution in [0.25, 0.3) is 10.2 Å². The van der Waals surface area contributed by atoms with Crippen molar-refractivity contribution in [1.82, 2.24) is 4.98 Å². The fourth-order valence-corrected chi connectivity index (χ4v) is 5.96. The largest absolute Gasteiger partial charge is 0.428 e. The van der Waals surface area contributed by atoms with Gasteiger partial charge in [0.05, 0.1) is 41.5 Å². The quantitative estimate of drug-likeness (QED) is 0.179. The fourth-order valence-electron chi connectivity index (χ4n) is 2.96. The second-order valence-electron chi connectivity index (χ2n) is 7.01. The van der Waals surface area contributed by atoms with Crippen molar-refractivity contribution in [3.05, 3.63) is 79.3 Å². The van der Waals surface area contributed by atoms with E-state index in [0.717, 1.165) is 29.5 Å². The molecule has 4 rings (SSSR count). The van der Waals surface area contributed by atoms with Crippen LogP contribution in [0.3, 0.4) is 0 Å². The molecule has 0 saturated carbocycles. The molecule has 0 amide bonds. The summed E-state index contributed by atoms with van der Waals surface area (Å²) in [5, 5.41) is 10.1. The molecule has 36 heavy (non-hydrogen) atoms. The minimum atomic E-state index is -4.70. The maximum Gasteiger partial charge on any atom is 0.416 e. The van der Waals surface area contributed by atoms with Gasteiger partial charge in [-0.25, -0.2) is 13.4 Å². The van der Waals surface area contributed by atoms with Crippen molar-refractivity contribution in [1.29, 1.82) is 0 Å². The van der Waals surface area contributed by atoms with Crippen molar-refractivity contribution >= 4 is 77.8 Å². The molecule has 188 valence electrons. The normalized spacial score (nSPS) is 12.1. The van der Waals surface area contributed by atoms with E-state index >= 15 is 0 Å². The monoisotopic (exact) mass is 597 g/mol. The number of hydrogen-bond donors (Lipinski definition) is 1. The summed E-state index contributed by atoms with van der Waals surface area (Å²) in [6.45, 7) is 0. The number of nitrogens with one attached hydrogen (secondary N) is 1. The maximum absolute atomic E-state index is 12.8. The first-order chi connectivity index (χ1) is 16.7. The Kier molecular flexibility index (Phi) is 6.96.